The Morgan fingerprint density at radius 2 is 1.71 bits per heavy atom. The second-order valence-electron chi connectivity index (χ2n) is 6.93. The van der Waals surface area contributed by atoms with Crippen LogP contribution in [0.2, 0.25) is 0 Å². The number of aryl methyl sites for hydroxylation is 1. The van der Waals surface area contributed by atoms with E-state index in [1.807, 2.05) is 54.6 Å². The molecule has 1 fully saturated rings. The largest absolute Gasteiger partial charge is 0.326 e. The van der Waals surface area contributed by atoms with Gasteiger partial charge in [0.2, 0.25) is 15.9 Å². The smallest absolute Gasteiger partial charge is 0.236 e. The van der Waals surface area contributed by atoms with Crippen LogP contribution in [-0.4, -0.2) is 31.7 Å². The molecule has 5 nitrogen and oxygen atoms in total. The second kappa shape index (κ2) is 9.17. The van der Waals surface area contributed by atoms with Crippen LogP contribution in [0.5, 0.6) is 0 Å². The number of hydrogen-bond acceptors (Lipinski definition) is 3. The molecule has 1 amide bonds. The number of piperidine rings is 1. The van der Waals surface area contributed by atoms with Gasteiger partial charge in [0.25, 0.3) is 0 Å². The summed E-state index contributed by atoms with van der Waals surface area (Å²) in [5, 5.41) is 4.26. The van der Waals surface area contributed by atoms with Crippen LogP contribution >= 0.6 is 0 Å². The quantitative estimate of drug-likeness (QED) is 0.802. The number of hydrogen-bond donors (Lipinski definition) is 1. The van der Waals surface area contributed by atoms with E-state index in [9.17, 15) is 13.2 Å². The summed E-state index contributed by atoms with van der Waals surface area (Å²) in [6, 6.07) is 17.1. The van der Waals surface area contributed by atoms with Gasteiger partial charge in [-0.15, -0.1) is 0 Å². The van der Waals surface area contributed by atoms with Crippen molar-refractivity contribution in [3.63, 3.8) is 0 Å². The summed E-state index contributed by atoms with van der Waals surface area (Å²) >= 11 is 0. The molecule has 0 saturated carbocycles. The topological polar surface area (TPSA) is 66.5 Å². The molecule has 0 spiro atoms. The van der Waals surface area contributed by atoms with Crippen molar-refractivity contribution in [2.24, 2.45) is 5.92 Å². The predicted octanol–water partition coefficient (Wildman–Crippen LogP) is 3.90. The molecule has 0 atom stereocenters. The third-order valence-electron chi connectivity index (χ3n) is 5.07. The van der Waals surface area contributed by atoms with Gasteiger partial charge in [0.1, 0.15) is 0 Å². The van der Waals surface area contributed by atoms with E-state index >= 15 is 0 Å². The number of amides is 1. The van der Waals surface area contributed by atoms with Crippen molar-refractivity contribution in [3.05, 3.63) is 71.1 Å². The lowest BCUT2D eigenvalue weighted by Gasteiger charge is -2.29. The van der Waals surface area contributed by atoms with Crippen LogP contribution in [0.3, 0.4) is 0 Å². The van der Waals surface area contributed by atoms with E-state index in [2.05, 4.69) is 12.2 Å². The maximum absolute atomic E-state index is 12.6. The summed E-state index contributed by atoms with van der Waals surface area (Å²) in [4.78, 5) is 12.6. The van der Waals surface area contributed by atoms with Crippen LogP contribution in [0.25, 0.3) is 6.08 Å². The monoisotopic (exact) mass is 398 g/mol. The number of carbonyl (C=O) groups is 1. The molecular formula is C22H26N2O3S. The highest BCUT2D eigenvalue weighted by Crippen LogP contribution is 2.23. The molecule has 0 aromatic heterocycles. The number of nitrogens with zero attached hydrogens (tertiary/aromatic N) is 1. The molecule has 6 heteroatoms. The van der Waals surface area contributed by atoms with Crippen molar-refractivity contribution in [2.45, 2.75) is 26.2 Å². The average Bonchev–Trinajstić information content (AvgIpc) is 2.73. The highest BCUT2D eigenvalue weighted by molar-refractivity contribution is 7.92. The van der Waals surface area contributed by atoms with E-state index in [1.165, 1.54) is 9.71 Å². The van der Waals surface area contributed by atoms with Gasteiger partial charge in [-0.2, -0.15) is 4.31 Å². The highest BCUT2D eigenvalue weighted by atomic mass is 32.2. The van der Waals surface area contributed by atoms with Crippen LogP contribution < -0.4 is 5.32 Å². The van der Waals surface area contributed by atoms with Crippen LogP contribution in [0.1, 0.15) is 30.9 Å². The van der Waals surface area contributed by atoms with Crippen LogP contribution in [0.4, 0.5) is 5.69 Å². The normalized spacial score (nSPS) is 16.3. The molecule has 1 aliphatic rings. The van der Waals surface area contributed by atoms with E-state index in [0.717, 1.165) is 23.2 Å². The number of sulfonamides is 1. The highest BCUT2D eigenvalue weighted by Gasteiger charge is 2.30. The minimum atomic E-state index is -3.48. The summed E-state index contributed by atoms with van der Waals surface area (Å²) in [6.07, 6.45) is 3.51. The van der Waals surface area contributed by atoms with Crippen molar-refractivity contribution in [3.8, 4) is 0 Å². The first-order chi connectivity index (χ1) is 13.5. The first kappa shape index (κ1) is 20.3. The zero-order chi connectivity index (χ0) is 20.0. The molecule has 1 aliphatic heterocycles. The van der Waals surface area contributed by atoms with Gasteiger partial charge in [-0.25, -0.2) is 8.42 Å². The van der Waals surface area contributed by atoms with Gasteiger partial charge in [-0.05, 0) is 42.5 Å². The average molecular weight is 399 g/mol. The SMILES string of the molecule is CCc1ccccc1NC(=O)C1CCN(S(=O)(=O)/C=C/c2ccccc2)CC1. The fourth-order valence-corrected chi connectivity index (χ4v) is 4.59. The molecule has 1 heterocycles. The fraction of sp³-hybridized carbons (Fsp3) is 0.318. The Balaban J connectivity index is 1.57. The molecule has 28 heavy (non-hydrogen) atoms. The van der Waals surface area contributed by atoms with Crippen molar-refractivity contribution < 1.29 is 13.2 Å². The van der Waals surface area contributed by atoms with Crippen LogP contribution in [0.15, 0.2) is 60.0 Å². The van der Waals surface area contributed by atoms with Gasteiger partial charge in [-0.3, -0.25) is 4.79 Å². The summed E-state index contributed by atoms with van der Waals surface area (Å²) in [6.45, 7) is 2.77. The number of benzene rings is 2. The molecule has 0 bridgehead atoms. The van der Waals surface area contributed by atoms with Crippen molar-refractivity contribution in [1.29, 1.82) is 0 Å². The minimum absolute atomic E-state index is 0.0298. The summed E-state index contributed by atoms with van der Waals surface area (Å²) in [5.41, 5.74) is 2.78. The summed E-state index contributed by atoms with van der Waals surface area (Å²) in [7, 11) is -3.48. The van der Waals surface area contributed by atoms with E-state index in [1.54, 1.807) is 6.08 Å². The Kier molecular flexibility index (Phi) is 6.65. The van der Waals surface area contributed by atoms with E-state index < -0.39 is 10.0 Å². The maximum Gasteiger partial charge on any atom is 0.236 e. The number of para-hydroxylation sites is 1. The van der Waals surface area contributed by atoms with Crippen LogP contribution in [0, 0.1) is 5.92 Å². The van der Waals surface area contributed by atoms with Crippen LogP contribution in [-0.2, 0) is 21.2 Å². The molecule has 1 saturated heterocycles. The Morgan fingerprint density at radius 1 is 1.07 bits per heavy atom. The third-order valence-corrected chi connectivity index (χ3v) is 6.64. The number of rotatable bonds is 6. The maximum atomic E-state index is 12.6. The molecule has 0 aliphatic carbocycles. The zero-order valence-electron chi connectivity index (χ0n) is 16.0. The lowest BCUT2D eigenvalue weighted by Crippen LogP contribution is -2.40. The van der Waals surface area contributed by atoms with E-state index in [4.69, 9.17) is 0 Å². The first-order valence-corrected chi connectivity index (χ1v) is 11.1. The predicted molar refractivity (Wildman–Crippen MR) is 113 cm³/mol. The standard InChI is InChI=1S/C22H26N2O3S/c1-2-19-10-6-7-11-21(19)23-22(25)20-12-15-24(16-13-20)28(26,27)17-14-18-8-4-3-5-9-18/h3-11,14,17,20H,2,12-13,15-16H2,1H3,(H,23,25)/b17-14+. The first-order valence-electron chi connectivity index (χ1n) is 9.61. The van der Waals surface area contributed by atoms with Gasteiger partial charge < -0.3 is 5.32 Å². The molecule has 0 unspecified atom stereocenters. The van der Waals surface area contributed by atoms with E-state index in [-0.39, 0.29) is 11.8 Å². The van der Waals surface area contributed by atoms with Gasteiger partial charge in [0.05, 0.1) is 0 Å². The van der Waals surface area contributed by atoms with Gasteiger partial charge in [0, 0.05) is 30.1 Å². The molecule has 1 N–H and O–H groups in total. The molecule has 2 aromatic rings. The number of anilines is 1. The van der Waals surface area contributed by atoms with E-state index in [0.29, 0.717) is 25.9 Å². The second-order valence-corrected chi connectivity index (χ2v) is 8.75. The van der Waals surface area contributed by atoms with Gasteiger partial charge in [-0.1, -0.05) is 55.5 Å². The molecular weight excluding hydrogens is 372 g/mol. The fourth-order valence-electron chi connectivity index (χ4n) is 3.37. The summed E-state index contributed by atoms with van der Waals surface area (Å²) < 4.78 is 26.6. The molecule has 0 radical (unpaired) electrons. The Hall–Kier alpha value is -2.44. The molecule has 2 aromatic carbocycles. The molecule has 148 valence electrons. The lowest BCUT2D eigenvalue weighted by molar-refractivity contribution is -0.120. The Bertz CT molecular complexity index is 931. The Labute approximate surface area is 167 Å². The number of nitrogens with one attached hydrogen (secondary N) is 1. The Morgan fingerprint density at radius 3 is 2.39 bits per heavy atom. The van der Waals surface area contributed by atoms with Gasteiger partial charge >= 0.3 is 0 Å². The van der Waals surface area contributed by atoms with Crippen molar-refractivity contribution in [1.82, 2.24) is 4.31 Å². The zero-order valence-corrected chi connectivity index (χ0v) is 16.9. The minimum Gasteiger partial charge on any atom is -0.326 e. The molecule has 3 rings (SSSR count). The van der Waals surface area contributed by atoms with Gasteiger partial charge in [0.15, 0.2) is 0 Å². The summed E-state index contributed by atoms with van der Waals surface area (Å²) in [5.74, 6) is -0.202. The van der Waals surface area contributed by atoms with Crippen molar-refractivity contribution >= 4 is 27.7 Å². The number of carbonyl (C=O) groups excluding carboxylic acids is 1. The lowest BCUT2D eigenvalue weighted by atomic mass is 9.97. The third kappa shape index (κ3) is 5.09. The van der Waals surface area contributed by atoms with Crippen molar-refractivity contribution in [2.75, 3.05) is 18.4 Å².